The van der Waals surface area contributed by atoms with Gasteiger partial charge in [-0.2, -0.15) is 0 Å². The van der Waals surface area contributed by atoms with Crippen LogP contribution in [0.25, 0.3) is 11.2 Å². The molecule has 0 amide bonds. The van der Waals surface area contributed by atoms with Gasteiger partial charge in [0.05, 0.1) is 0 Å². The molecule has 0 radical (unpaired) electrons. The van der Waals surface area contributed by atoms with Gasteiger partial charge in [-0.05, 0) is 34.5 Å². The number of aromatic nitrogens is 3. The lowest BCUT2D eigenvalue weighted by Crippen LogP contribution is -1.93. The van der Waals surface area contributed by atoms with Crippen molar-refractivity contribution in [3.8, 4) is 0 Å². The van der Waals surface area contributed by atoms with Crippen LogP contribution in [0.5, 0.6) is 0 Å². The lowest BCUT2D eigenvalue weighted by molar-refractivity contribution is 0.504. The number of imidazole rings is 1. The second-order valence-corrected chi connectivity index (χ2v) is 6.19. The third kappa shape index (κ3) is 2.99. The molecular weight excluding hydrogens is 302 g/mol. The molecule has 3 nitrogen and oxygen atoms in total. The van der Waals surface area contributed by atoms with Gasteiger partial charge in [-0.25, -0.2) is 9.97 Å². The molecule has 1 aliphatic heterocycles. The molecule has 1 fully saturated rings. The summed E-state index contributed by atoms with van der Waals surface area (Å²) in [4.78, 5) is 8.94. The molecule has 4 rings (SSSR count). The first-order valence-electron chi connectivity index (χ1n) is 7.36. The van der Waals surface area contributed by atoms with Gasteiger partial charge in [-0.1, -0.05) is 38.5 Å². The SMILES string of the molecule is Brc1ccc2nc3n(c2n1)CCC3.C1CCCCC1. The highest BCUT2D eigenvalue weighted by molar-refractivity contribution is 9.10. The fourth-order valence-electron chi connectivity index (χ4n) is 2.91. The average molecular weight is 322 g/mol. The third-order valence-electron chi connectivity index (χ3n) is 3.92. The van der Waals surface area contributed by atoms with E-state index >= 15 is 0 Å². The van der Waals surface area contributed by atoms with Crippen molar-refractivity contribution in [2.75, 3.05) is 0 Å². The monoisotopic (exact) mass is 321 g/mol. The zero-order valence-electron chi connectivity index (χ0n) is 11.2. The smallest absolute Gasteiger partial charge is 0.161 e. The Balaban J connectivity index is 0.000000155. The minimum absolute atomic E-state index is 0.884. The molecule has 1 saturated carbocycles. The molecular formula is C15H20BrN3. The maximum Gasteiger partial charge on any atom is 0.161 e. The topological polar surface area (TPSA) is 30.7 Å². The van der Waals surface area contributed by atoms with Gasteiger partial charge in [-0.3, -0.25) is 0 Å². The molecule has 0 atom stereocenters. The van der Waals surface area contributed by atoms with Crippen LogP contribution >= 0.6 is 15.9 Å². The van der Waals surface area contributed by atoms with E-state index in [0.29, 0.717) is 0 Å². The van der Waals surface area contributed by atoms with E-state index in [2.05, 4.69) is 30.5 Å². The summed E-state index contributed by atoms with van der Waals surface area (Å²) < 4.78 is 3.09. The summed E-state index contributed by atoms with van der Waals surface area (Å²) in [6.45, 7) is 1.06. The molecule has 1 aliphatic carbocycles. The van der Waals surface area contributed by atoms with E-state index in [1.54, 1.807) is 0 Å². The highest BCUT2D eigenvalue weighted by atomic mass is 79.9. The fourth-order valence-corrected chi connectivity index (χ4v) is 3.21. The van der Waals surface area contributed by atoms with Crippen LogP contribution in [-0.2, 0) is 13.0 Å². The zero-order valence-corrected chi connectivity index (χ0v) is 12.8. The highest BCUT2D eigenvalue weighted by Crippen LogP contribution is 2.22. The van der Waals surface area contributed by atoms with Crippen molar-refractivity contribution in [3.63, 3.8) is 0 Å². The molecule has 2 aliphatic rings. The Labute approximate surface area is 122 Å². The van der Waals surface area contributed by atoms with Crippen LogP contribution in [0.15, 0.2) is 16.7 Å². The molecule has 2 aromatic heterocycles. The van der Waals surface area contributed by atoms with Gasteiger partial charge in [0.15, 0.2) is 5.65 Å². The van der Waals surface area contributed by atoms with Gasteiger partial charge >= 0.3 is 0 Å². The second kappa shape index (κ2) is 6.04. The van der Waals surface area contributed by atoms with Crippen LogP contribution in [0.3, 0.4) is 0 Å². The van der Waals surface area contributed by atoms with E-state index < -0.39 is 0 Å². The van der Waals surface area contributed by atoms with Gasteiger partial charge in [0.25, 0.3) is 0 Å². The first kappa shape index (κ1) is 13.1. The molecule has 0 saturated heterocycles. The van der Waals surface area contributed by atoms with Crippen molar-refractivity contribution in [2.24, 2.45) is 0 Å². The maximum atomic E-state index is 4.51. The normalized spacial score (nSPS) is 17.9. The van der Waals surface area contributed by atoms with E-state index in [9.17, 15) is 0 Å². The van der Waals surface area contributed by atoms with E-state index in [1.165, 1.54) is 50.8 Å². The summed E-state index contributed by atoms with van der Waals surface area (Å²) in [7, 11) is 0. The number of fused-ring (bicyclic) bond motifs is 3. The van der Waals surface area contributed by atoms with E-state index in [4.69, 9.17) is 0 Å². The fraction of sp³-hybridized carbons (Fsp3) is 0.600. The first-order valence-corrected chi connectivity index (χ1v) is 8.15. The lowest BCUT2D eigenvalue weighted by Gasteiger charge is -2.05. The van der Waals surface area contributed by atoms with Crippen molar-refractivity contribution in [1.82, 2.24) is 14.5 Å². The largest absolute Gasteiger partial charge is 0.313 e. The minimum Gasteiger partial charge on any atom is -0.313 e. The van der Waals surface area contributed by atoms with Gasteiger partial charge in [-0.15, -0.1) is 0 Å². The van der Waals surface area contributed by atoms with Crippen LogP contribution in [0.1, 0.15) is 50.8 Å². The predicted octanol–water partition coefficient (Wildman–Crippen LogP) is 4.48. The average Bonchev–Trinajstić information content (AvgIpc) is 3.03. The number of hydrogen-bond acceptors (Lipinski definition) is 2. The molecule has 2 aromatic rings. The summed E-state index contributed by atoms with van der Waals surface area (Å²) in [5, 5.41) is 0. The number of hydrogen-bond donors (Lipinski definition) is 0. The molecule has 0 N–H and O–H groups in total. The van der Waals surface area contributed by atoms with Gasteiger partial charge in [0, 0.05) is 13.0 Å². The molecule has 0 unspecified atom stereocenters. The van der Waals surface area contributed by atoms with Gasteiger partial charge in [0.1, 0.15) is 15.9 Å². The number of halogens is 1. The van der Waals surface area contributed by atoms with E-state index in [0.717, 1.165) is 28.7 Å². The van der Waals surface area contributed by atoms with Crippen LogP contribution in [0.2, 0.25) is 0 Å². The third-order valence-corrected chi connectivity index (χ3v) is 4.36. The molecule has 102 valence electrons. The number of aryl methyl sites for hydroxylation is 2. The van der Waals surface area contributed by atoms with Crippen LogP contribution in [0.4, 0.5) is 0 Å². The van der Waals surface area contributed by atoms with E-state index in [1.807, 2.05) is 12.1 Å². The quantitative estimate of drug-likeness (QED) is 0.670. The Morgan fingerprint density at radius 3 is 2.26 bits per heavy atom. The summed E-state index contributed by atoms with van der Waals surface area (Å²) in [6, 6.07) is 3.95. The van der Waals surface area contributed by atoms with Crippen LogP contribution in [0, 0.1) is 0 Å². The zero-order chi connectivity index (χ0) is 13.1. The summed E-state index contributed by atoms with van der Waals surface area (Å²) in [5.41, 5.74) is 2.03. The van der Waals surface area contributed by atoms with Crippen molar-refractivity contribution in [3.05, 3.63) is 22.6 Å². The molecule has 0 aromatic carbocycles. The number of rotatable bonds is 0. The summed E-state index contributed by atoms with van der Waals surface area (Å²) >= 11 is 3.37. The maximum absolute atomic E-state index is 4.51. The minimum atomic E-state index is 0.884. The van der Waals surface area contributed by atoms with Crippen molar-refractivity contribution in [1.29, 1.82) is 0 Å². The Hall–Kier alpha value is -0.900. The van der Waals surface area contributed by atoms with Crippen LogP contribution in [-0.4, -0.2) is 14.5 Å². The first-order chi connectivity index (χ1) is 9.34. The molecule has 19 heavy (non-hydrogen) atoms. The number of pyridine rings is 1. The molecule has 4 heteroatoms. The van der Waals surface area contributed by atoms with Crippen molar-refractivity contribution >= 4 is 27.1 Å². The second-order valence-electron chi connectivity index (χ2n) is 5.38. The molecule has 3 heterocycles. The summed E-state index contributed by atoms with van der Waals surface area (Å²) in [6.07, 6.45) is 11.3. The molecule has 0 bridgehead atoms. The predicted molar refractivity (Wildman–Crippen MR) is 81.3 cm³/mol. The Morgan fingerprint density at radius 2 is 1.58 bits per heavy atom. The number of nitrogens with zero attached hydrogens (tertiary/aromatic N) is 3. The Kier molecular flexibility index (Phi) is 4.16. The van der Waals surface area contributed by atoms with Gasteiger partial charge < -0.3 is 4.57 Å². The van der Waals surface area contributed by atoms with Gasteiger partial charge in [0.2, 0.25) is 0 Å². The van der Waals surface area contributed by atoms with Crippen molar-refractivity contribution in [2.45, 2.75) is 57.9 Å². The Morgan fingerprint density at radius 1 is 0.895 bits per heavy atom. The highest BCUT2D eigenvalue weighted by Gasteiger charge is 2.16. The van der Waals surface area contributed by atoms with Crippen LogP contribution < -0.4 is 0 Å². The van der Waals surface area contributed by atoms with E-state index in [-0.39, 0.29) is 0 Å². The Bertz CT molecular complexity index is 546. The lowest BCUT2D eigenvalue weighted by atomic mass is 10.0. The standard InChI is InChI=1S/C9H8BrN3.C6H12/c10-7-4-3-6-9(12-7)13-5-1-2-8(13)11-6;1-2-4-6-5-3-1/h3-4H,1-2,5H2;1-6H2. The molecule has 0 spiro atoms. The summed E-state index contributed by atoms with van der Waals surface area (Å²) in [5.74, 6) is 1.18. The van der Waals surface area contributed by atoms with Crippen molar-refractivity contribution < 1.29 is 0 Å².